The molecule has 0 amide bonds. The van der Waals surface area contributed by atoms with Crippen molar-refractivity contribution in [2.75, 3.05) is 0 Å². The SMILES string of the molecule is C=Cc1ccc2cc(-c3ccc4c(c3)oc3ccc(-c5c6ccccc6c(-c6ccccc6)c6ccccc56)cc34)ccc2c1/C=C\C. The number of hydrogen-bond acceptors (Lipinski definition) is 1. The van der Waals surface area contributed by atoms with Gasteiger partial charge in [0.25, 0.3) is 0 Å². The Morgan fingerprint density at radius 2 is 1.06 bits per heavy atom. The maximum Gasteiger partial charge on any atom is 0.136 e. The van der Waals surface area contributed by atoms with Crippen LogP contribution in [-0.4, -0.2) is 0 Å². The molecule has 1 heterocycles. The van der Waals surface area contributed by atoms with Crippen LogP contribution in [0.1, 0.15) is 18.1 Å². The zero-order valence-corrected chi connectivity index (χ0v) is 26.7. The molecular formula is C47H32O. The van der Waals surface area contributed by atoms with Gasteiger partial charge < -0.3 is 4.42 Å². The molecule has 8 aromatic carbocycles. The molecular weight excluding hydrogens is 581 g/mol. The Morgan fingerprint density at radius 3 is 1.73 bits per heavy atom. The van der Waals surface area contributed by atoms with Crippen LogP contribution in [-0.2, 0) is 0 Å². The Bertz CT molecular complexity index is 2680. The zero-order chi connectivity index (χ0) is 32.2. The molecule has 1 aromatic heterocycles. The first kappa shape index (κ1) is 28.1. The molecule has 0 aliphatic heterocycles. The second kappa shape index (κ2) is 11.3. The van der Waals surface area contributed by atoms with Crippen LogP contribution in [0.4, 0.5) is 0 Å². The third-order valence-corrected chi connectivity index (χ3v) is 9.74. The van der Waals surface area contributed by atoms with Crippen molar-refractivity contribution in [1.29, 1.82) is 0 Å². The molecule has 0 unspecified atom stereocenters. The molecule has 9 rings (SSSR count). The average Bonchev–Trinajstić information content (AvgIpc) is 3.51. The normalized spacial score (nSPS) is 11.9. The summed E-state index contributed by atoms with van der Waals surface area (Å²) < 4.78 is 6.51. The molecule has 226 valence electrons. The number of fused-ring (bicyclic) bond motifs is 6. The fourth-order valence-electron chi connectivity index (χ4n) is 7.55. The minimum Gasteiger partial charge on any atom is -0.456 e. The van der Waals surface area contributed by atoms with E-state index in [4.69, 9.17) is 4.42 Å². The summed E-state index contributed by atoms with van der Waals surface area (Å²) in [5.74, 6) is 0. The maximum atomic E-state index is 6.51. The van der Waals surface area contributed by atoms with Gasteiger partial charge in [-0.15, -0.1) is 0 Å². The van der Waals surface area contributed by atoms with E-state index < -0.39 is 0 Å². The maximum absolute atomic E-state index is 6.51. The van der Waals surface area contributed by atoms with E-state index in [-0.39, 0.29) is 0 Å². The summed E-state index contributed by atoms with van der Waals surface area (Å²) in [6, 6.07) is 52.7. The second-order valence-corrected chi connectivity index (χ2v) is 12.4. The van der Waals surface area contributed by atoms with Gasteiger partial charge in [0.15, 0.2) is 0 Å². The van der Waals surface area contributed by atoms with Crippen molar-refractivity contribution in [1.82, 2.24) is 0 Å². The summed E-state index contributed by atoms with van der Waals surface area (Å²) in [4.78, 5) is 0. The van der Waals surface area contributed by atoms with Crippen molar-refractivity contribution in [3.63, 3.8) is 0 Å². The predicted molar refractivity (Wildman–Crippen MR) is 207 cm³/mol. The second-order valence-electron chi connectivity index (χ2n) is 12.4. The van der Waals surface area contributed by atoms with Crippen LogP contribution in [0, 0.1) is 0 Å². The molecule has 0 radical (unpaired) electrons. The van der Waals surface area contributed by atoms with Crippen molar-refractivity contribution in [3.8, 4) is 33.4 Å². The summed E-state index contributed by atoms with van der Waals surface area (Å²) in [5, 5.41) is 9.69. The lowest BCUT2D eigenvalue weighted by atomic mass is 9.86. The van der Waals surface area contributed by atoms with E-state index >= 15 is 0 Å². The highest BCUT2D eigenvalue weighted by molar-refractivity contribution is 6.22. The lowest BCUT2D eigenvalue weighted by Gasteiger charge is -2.17. The third-order valence-electron chi connectivity index (χ3n) is 9.74. The van der Waals surface area contributed by atoms with Gasteiger partial charge in [-0.05, 0) is 114 Å². The Kier molecular flexibility index (Phi) is 6.59. The summed E-state index contributed by atoms with van der Waals surface area (Å²) in [6.07, 6.45) is 6.17. The summed E-state index contributed by atoms with van der Waals surface area (Å²) in [6.45, 7) is 6.07. The van der Waals surface area contributed by atoms with Gasteiger partial charge in [-0.3, -0.25) is 0 Å². The number of benzene rings is 8. The number of allylic oxidation sites excluding steroid dienone is 1. The van der Waals surface area contributed by atoms with Crippen LogP contribution in [0.25, 0.3) is 99.8 Å². The largest absolute Gasteiger partial charge is 0.456 e. The lowest BCUT2D eigenvalue weighted by Crippen LogP contribution is -1.90. The zero-order valence-electron chi connectivity index (χ0n) is 26.7. The highest BCUT2D eigenvalue weighted by atomic mass is 16.3. The van der Waals surface area contributed by atoms with Crippen molar-refractivity contribution < 1.29 is 4.42 Å². The van der Waals surface area contributed by atoms with Gasteiger partial charge in [-0.1, -0.05) is 140 Å². The average molecular weight is 613 g/mol. The summed E-state index contributed by atoms with van der Waals surface area (Å²) >= 11 is 0. The van der Waals surface area contributed by atoms with Crippen molar-refractivity contribution in [2.45, 2.75) is 6.92 Å². The first-order valence-electron chi connectivity index (χ1n) is 16.5. The molecule has 0 bridgehead atoms. The van der Waals surface area contributed by atoms with Gasteiger partial charge in [0.1, 0.15) is 11.2 Å². The van der Waals surface area contributed by atoms with Crippen molar-refractivity contribution >= 4 is 66.4 Å². The smallest absolute Gasteiger partial charge is 0.136 e. The minimum atomic E-state index is 0.894. The molecule has 0 aliphatic rings. The van der Waals surface area contributed by atoms with E-state index in [1.807, 2.05) is 6.08 Å². The molecule has 0 fully saturated rings. The quantitative estimate of drug-likeness (QED) is 0.176. The molecule has 1 heteroatoms. The number of hydrogen-bond donors (Lipinski definition) is 0. The molecule has 9 aromatic rings. The number of furan rings is 1. The lowest BCUT2D eigenvalue weighted by molar-refractivity contribution is 0.669. The van der Waals surface area contributed by atoms with Crippen LogP contribution in [0.5, 0.6) is 0 Å². The fraction of sp³-hybridized carbons (Fsp3) is 0.0213. The first-order valence-corrected chi connectivity index (χ1v) is 16.5. The highest BCUT2D eigenvalue weighted by Crippen LogP contribution is 2.45. The third kappa shape index (κ3) is 4.40. The molecule has 0 saturated heterocycles. The summed E-state index contributed by atoms with van der Waals surface area (Å²) in [5.41, 5.74) is 11.4. The van der Waals surface area contributed by atoms with E-state index in [9.17, 15) is 0 Å². The molecule has 0 saturated carbocycles. The highest BCUT2D eigenvalue weighted by Gasteiger charge is 2.18. The fourth-order valence-corrected chi connectivity index (χ4v) is 7.55. The van der Waals surface area contributed by atoms with Gasteiger partial charge in [0.05, 0.1) is 0 Å². The van der Waals surface area contributed by atoms with Gasteiger partial charge >= 0.3 is 0 Å². The van der Waals surface area contributed by atoms with E-state index in [0.717, 1.165) is 33.1 Å². The van der Waals surface area contributed by atoms with Gasteiger partial charge in [-0.25, -0.2) is 0 Å². The Labute approximate surface area is 279 Å². The standard InChI is InChI=1S/C47H32O/c1-3-12-36-30(4-2)19-20-34-27-32(21-24-37(34)36)33-22-25-38-43-28-35(23-26-44(43)48-45(38)29-33)47-41-17-10-8-15-39(41)46(31-13-6-5-7-14-31)40-16-9-11-18-42(40)47/h3-29H,2H2,1H3/b12-3-. The van der Waals surface area contributed by atoms with Crippen LogP contribution in [0.2, 0.25) is 0 Å². The molecule has 0 aliphatic carbocycles. The Morgan fingerprint density at radius 1 is 0.458 bits per heavy atom. The van der Waals surface area contributed by atoms with E-state index in [2.05, 4.69) is 171 Å². The molecule has 0 N–H and O–H groups in total. The predicted octanol–water partition coefficient (Wildman–Crippen LogP) is 13.7. The van der Waals surface area contributed by atoms with E-state index in [0.29, 0.717) is 0 Å². The van der Waals surface area contributed by atoms with Gasteiger partial charge in [0.2, 0.25) is 0 Å². The Balaban J connectivity index is 1.20. The molecule has 48 heavy (non-hydrogen) atoms. The van der Waals surface area contributed by atoms with Crippen LogP contribution >= 0.6 is 0 Å². The van der Waals surface area contributed by atoms with Crippen LogP contribution < -0.4 is 0 Å². The summed E-state index contributed by atoms with van der Waals surface area (Å²) in [7, 11) is 0. The monoisotopic (exact) mass is 612 g/mol. The first-order chi connectivity index (χ1) is 23.7. The van der Waals surface area contributed by atoms with Crippen LogP contribution in [0.15, 0.2) is 163 Å². The van der Waals surface area contributed by atoms with Crippen molar-refractivity contribution in [2.24, 2.45) is 0 Å². The minimum absolute atomic E-state index is 0.894. The van der Waals surface area contributed by atoms with Crippen LogP contribution in [0.3, 0.4) is 0 Å². The van der Waals surface area contributed by atoms with E-state index in [1.54, 1.807) is 0 Å². The molecule has 1 nitrogen and oxygen atoms in total. The topological polar surface area (TPSA) is 13.1 Å². The molecule has 0 spiro atoms. The van der Waals surface area contributed by atoms with E-state index in [1.165, 1.54) is 65.7 Å². The Hall–Kier alpha value is -6.18. The molecule has 0 atom stereocenters. The van der Waals surface area contributed by atoms with Crippen molar-refractivity contribution in [3.05, 3.63) is 169 Å². The van der Waals surface area contributed by atoms with Gasteiger partial charge in [-0.2, -0.15) is 0 Å². The number of rotatable bonds is 5. The van der Waals surface area contributed by atoms with Gasteiger partial charge in [0, 0.05) is 10.8 Å².